The summed E-state index contributed by atoms with van der Waals surface area (Å²) in [6.45, 7) is 12.9. The van der Waals surface area contributed by atoms with Crippen LogP contribution in [0.15, 0.2) is 28.1 Å². The first-order valence-corrected chi connectivity index (χ1v) is 7.82. The molecule has 20 heavy (non-hydrogen) atoms. The maximum Gasteiger partial charge on any atom is 0.261 e. The second-order valence-corrected chi connectivity index (χ2v) is 7.00. The molecule has 2 aliphatic heterocycles. The summed E-state index contributed by atoms with van der Waals surface area (Å²) in [6, 6.07) is 0.373. The zero-order valence-electron chi connectivity index (χ0n) is 13.0. The van der Waals surface area contributed by atoms with Gasteiger partial charge in [-0.25, -0.2) is 4.58 Å². The highest BCUT2D eigenvalue weighted by atomic mass is 32.2. The minimum absolute atomic E-state index is 0.182. The van der Waals surface area contributed by atoms with Gasteiger partial charge >= 0.3 is 0 Å². The molecule has 0 aliphatic carbocycles. The zero-order chi connectivity index (χ0) is 15.1. The maximum absolute atomic E-state index is 5.70. The van der Waals surface area contributed by atoms with E-state index in [0.29, 0.717) is 17.9 Å². The summed E-state index contributed by atoms with van der Waals surface area (Å²) < 4.78 is 5.38. The average Bonchev–Trinajstić information content (AvgIpc) is 2.36. The molecule has 3 unspecified atom stereocenters. The summed E-state index contributed by atoms with van der Waals surface area (Å²) in [5.74, 6) is 1.67. The Kier molecular flexibility index (Phi) is 4.12. The van der Waals surface area contributed by atoms with Crippen LogP contribution in [-0.2, 0) is 0 Å². The predicted molar refractivity (Wildman–Crippen MR) is 88.0 cm³/mol. The largest absolute Gasteiger partial charge is 0.325 e. The first kappa shape index (κ1) is 15.3. The summed E-state index contributed by atoms with van der Waals surface area (Å²) in [4.78, 5) is 4.97. The molecule has 0 saturated heterocycles. The van der Waals surface area contributed by atoms with Gasteiger partial charge < -0.3 is 5.73 Å². The number of hydrogen-bond donors (Lipinski definition) is 2. The van der Waals surface area contributed by atoms with Crippen molar-refractivity contribution < 1.29 is 4.58 Å². The van der Waals surface area contributed by atoms with Gasteiger partial charge in [-0.1, -0.05) is 24.1 Å². The third kappa shape index (κ3) is 2.44. The first-order chi connectivity index (χ1) is 9.29. The van der Waals surface area contributed by atoms with Crippen LogP contribution >= 0.6 is 11.9 Å². The highest BCUT2D eigenvalue weighted by Crippen LogP contribution is 2.45. The van der Waals surface area contributed by atoms with Crippen LogP contribution in [0.25, 0.3) is 0 Å². The lowest BCUT2D eigenvalue weighted by atomic mass is 9.67. The topological polar surface area (TPSA) is 53.4 Å². The Labute approximate surface area is 126 Å². The van der Waals surface area contributed by atoms with Gasteiger partial charge in [-0.3, -0.25) is 4.72 Å². The van der Waals surface area contributed by atoms with E-state index in [4.69, 9.17) is 10.7 Å². The fourth-order valence-electron chi connectivity index (χ4n) is 3.41. The second kappa shape index (κ2) is 5.37. The van der Waals surface area contributed by atoms with Crippen molar-refractivity contribution in [3.05, 3.63) is 23.1 Å². The number of rotatable bonds is 1. The number of nitrogens with zero attached hydrogens (tertiary/aromatic N) is 2. The van der Waals surface area contributed by atoms with E-state index in [1.54, 1.807) is 18.3 Å². The SMILES string of the molecule is C=C(C)C1C2C(=CSNC2C)C([N+](C)=CN)=NC1(C)C. The van der Waals surface area contributed by atoms with Gasteiger partial charge in [0, 0.05) is 23.5 Å². The molecule has 0 aromatic carbocycles. The summed E-state index contributed by atoms with van der Waals surface area (Å²) in [7, 11) is 1.95. The highest BCUT2D eigenvalue weighted by molar-refractivity contribution is 8.00. The van der Waals surface area contributed by atoms with Crippen molar-refractivity contribution in [1.82, 2.24) is 4.72 Å². The van der Waals surface area contributed by atoms with Crippen molar-refractivity contribution in [3.8, 4) is 0 Å². The van der Waals surface area contributed by atoms with Crippen molar-refractivity contribution in [2.24, 2.45) is 22.6 Å². The van der Waals surface area contributed by atoms with Crippen LogP contribution in [-0.4, -0.2) is 35.4 Å². The van der Waals surface area contributed by atoms with Crippen LogP contribution in [0.1, 0.15) is 27.7 Å². The molecule has 0 bridgehead atoms. The van der Waals surface area contributed by atoms with Gasteiger partial charge in [0.05, 0.1) is 7.05 Å². The number of aliphatic imine (C=N–C) groups is 1. The summed E-state index contributed by atoms with van der Waals surface area (Å²) in [6.07, 6.45) is 1.57. The fraction of sp³-hybridized carbons (Fsp3) is 0.600. The van der Waals surface area contributed by atoms with Crippen molar-refractivity contribution in [3.63, 3.8) is 0 Å². The van der Waals surface area contributed by atoms with Crippen LogP contribution in [0.5, 0.6) is 0 Å². The Balaban J connectivity index is 2.63. The van der Waals surface area contributed by atoms with E-state index in [1.807, 2.05) is 11.6 Å². The Bertz CT molecular complexity index is 516. The van der Waals surface area contributed by atoms with E-state index in [2.05, 4.69) is 44.4 Å². The molecule has 0 amide bonds. The number of fused-ring (bicyclic) bond motifs is 1. The van der Waals surface area contributed by atoms with Crippen molar-refractivity contribution >= 4 is 24.1 Å². The van der Waals surface area contributed by atoms with Crippen LogP contribution < -0.4 is 10.5 Å². The van der Waals surface area contributed by atoms with E-state index >= 15 is 0 Å². The van der Waals surface area contributed by atoms with Gasteiger partial charge in [0.15, 0.2) is 6.34 Å². The molecule has 110 valence electrons. The minimum Gasteiger partial charge on any atom is -0.325 e. The lowest BCUT2D eigenvalue weighted by Gasteiger charge is -2.44. The summed E-state index contributed by atoms with van der Waals surface area (Å²) in [5.41, 5.74) is 7.96. The molecule has 4 nitrogen and oxygen atoms in total. The Morgan fingerprint density at radius 1 is 1.60 bits per heavy atom. The minimum atomic E-state index is -0.182. The third-order valence-corrected chi connectivity index (χ3v) is 5.08. The van der Waals surface area contributed by atoms with Gasteiger partial charge in [-0.2, -0.15) is 0 Å². The van der Waals surface area contributed by atoms with Crippen molar-refractivity contribution in [1.29, 1.82) is 0 Å². The normalized spacial score (nSPS) is 33.0. The molecular formula is C15H25N4S+. The molecule has 3 N–H and O–H groups in total. The third-order valence-electron chi connectivity index (χ3n) is 4.20. The van der Waals surface area contributed by atoms with E-state index in [9.17, 15) is 0 Å². The van der Waals surface area contributed by atoms with Crippen molar-refractivity contribution in [2.75, 3.05) is 7.05 Å². The number of amidine groups is 1. The lowest BCUT2D eigenvalue weighted by Crippen LogP contribution is -2.52. The zero-order valence-corrected chi connectivity index (χ0v) is 13.8. The molecule has 2 heterocycles. The van der Waals surface area contributed by atoms with Crippen LogP contribution in [0.4, 0.5) is 0 Å². The van der Waals surface area contributed by atoms with Crippen LogP contribution in [0, 0.1) is 11.8 Å². The van der Waals surface area contributed by atoms with Gasteiger partial charge in [-0.05, 0) is 33.1 Å². The molecule has 3 atom stereocenters. The molecule has 0 aromatic rings. The Morgan fingerprint density at radius 3 is 2.80 bits per heavy atom. The smallest absolute Gasteiger partial charge is 0.261 e. The van der Waals surface area contributed by atoms with E-state index in [-0.39, 0.29) is 5.54 Å². The van der Waals surface area contributed by atoms with E-state index < -0.39 is 0 Å². The number of nitrogens with two attached hydrogens (primary N) is 1. The van der Waals surface area contributed by atoms with Gasteiger partial charge in [-0.15, -0.1) is 4.99 Å². The Morgan fingerprint density at radius 2 is 2.25 bits per heavy atom. The number of hydrogen-bond acceptors (Lipinski definition) is 3. The molecule has 0 saturated carbocycles. The number of likely N-dealkylation sites (N-methyl/N-ethyl adjacent to an activating group) is 1. The summed E-state index contributed by atoms with van der Waals surface area (Å²) in [5, 5.41) is 2.16. The van der Waals surface area contributed by atoms with E-state index in [0.717, 1.165) is 5.84 Å². The summed E-state index contributed by atoms with van der Waals surface area (Å²) >= 11 is 1.63. The molecule has 0 fully saturated rings. The maximum atomic E-state index is 5.70. The van der Waals surface area contributed by atoms with Crippen LogP contribution in [0.3, 0.4) is 0 Å². The highest BCUT2D eigenvalue weighted by Gasteiger charge is 2.50. The molecule has 2 aliphatic rings. The van der Waals surface area contributed by atoms with Gasteiger partial charge in [0.2, 0.25) is 0 Å². The lowest BCUT2D eigenvalue weighted by molar-refractivity contribution is -0.367. The first-order valence-electron chi connectivity index (χ1n) is 6.94. The second-order valence-electron chi connectivity index (χ2n) is 6.30. The van der Waals surface area contributed by atoms with Gasteiger partial charge in [0.1, 0.15) is 5.54 Å². The molecule has 0 spiro atoms. The quantitative estimate of drug-likeness (QED) is 0.256. The molecule has 0 radical (unpaired) electrons. The standard InChI is InChI=1S/C15H24N4S/c1-9(2)13-12-10(3)18-20-7-11(12)14(19(6)8-16)17-15(13,4)5/h7-8,10,12-13,16,18H,1H2,2-6H3/p+1. The number of nitrogens with one attached hydrogen (secondary N) is 1. The van der Waals surface area contributed by atoms with Gasteiger partial charge in [0.25, 0.3) is 5.84 Å². The Hall–Kier alpha value is -1.07. The van der Waals surface area contributed by atoms with Crippen molar-refractivity contribution in [2.45, 2.75) is 39.3 Å². The fourth-order valence-corrected chi connectivity index (χ4v) is 4.22. The predicted octanol–water partition coefficient (Wildman–Crippen LogP) is 2.14. The average molecular weight is 293 g/mol. The molecule has 2 rings (SSSR count). The molecule has 5 heteroatoms. The molecule has 0 aromatic heterocycles. The van der Waals surface area contributed by atoms with Crippen LogP contribution in [0.2, 0.25) is 0 Å². The monoisotopic (exact) mass is 293 g/mol. The van der Waals surface area contributed by atoms with E-state index in [1.165, 1.54) is 11.1 Å². The molecular weight excluding hydrogens is 268 g/mol.